The third-order valence-corrected chi connectivity index (χ3v) is 4.14. The Morgan fingerprint density at radius 2 is 1.94 bits per heavy atom. The van der Waals surface area contributed by atoms with E-state index >= 15 is 0 Å². The number of rotatable bonds is 4. The van der Waals surface area contributed by atoms with Crippen LogP contribution in [0.25, 0.3) is 0 Å². The van der Waals surface area contributed by atoms with Crippen molar-refractivity contribution in [2.24, 2.45) is 5.73 Å². The number of nitrogens with two attached hydrogens (primary N) is 1. The van der Waals surface area contributed by atoms with Gasteiger partial charge in [-0.15, -0.1) is 0 Å². The van der Waals surface area contributed by atoms with Crippen molar-refractivity contribution in [1.29, 1.82) is 0 Å². The Morgan fingerprint density at radius 1 is 1.29 bits per heavy atom. The van der Waals surface area contributed by atoms with Crippen molar-refractivity contribution >= 4 is 38.3 Å². The van der Waals surface area contributed by atoms with Gasteiger partial charge in [-0.2, -0.15) is 0 Å². The van der Waals surface area contributed by atoms with E-state index in [9.17, 15) is 13.2 Å². The van der Waals surface area contributed by atoms with Crippen LogP contribution in [0.4, 0.5) is 4.79 Å². The van der Waals surface area contributed by atoms with Crippen molar-refractivity contribution < 1.29 is 13.2 Å². The fourth-order valence-corrected chi connectivity index (χ4v) is 2.06. The number of primary amides is 1. The lowest BCUT2D eigenvalue weighted by atomic mass is 10.1. The SMILES string of the molecule is NC(=O)S(=O)(=O)CC[CH]c1ccc(Cl)c(Cl)c1. The first-order valence-electron chi connectivity index (χ1n) is 4.63. The molecule has 1 aromatic carbocycles. The molecule has 2 N–H and O–H groups in total. The quantitative estimate of drug-likeness (QED) is 0.926. The fraction of sp³-hybridized carbons (Fsp3) is 0.200. The minimum absolute atomic E-state index is 0.184. The molecule has 0 aromatic heterocycles. The molecule has 0 aliphatic rings. The Balaban J connectivity index is 2.58. The zero-order valence-corrected chi connectivity index (χ0v) is 11.0. The topological polar surface area (TPSA) is 77.2 Å². The standard InChI is InChI=1S/C10H10Cl2NO3S/c11-8-4-3-7(6-9(8)12)2-1-5-17(15,16)10(13)14/h2-4,6H,1,5H2,(H2,13,14). The molecule has 0 spiro atoms. The number of sulfone groups is 1. The van der Waals surface area contributed by atoms with Crippen molar-refractivity contribution in [3.05, 3.63) is 40.2 Å². The van der Waals surface area contributed by atoms with E-state index in [0.29, 0.717) is 10.0 Å². The van der Waals surface area contributed by atoms with Gasteiger partial charge in [0.05, 0.1) is 15.8 Å². The van der Waals surface area contributed by atoms with E-state index in [2.05, 4.69) is 0 Å². The first kappa shape index (κ1) is 14.3. The van der Waals surface area contributed by atoms with Crippen LogP contribution in [-0.4, -0.2) is 19.4 Å². The minimum atomic E-state index is -3.84. The second-order valence-corrected chi connectivity index (χ2v) is 6.16. The number of halogens is 2. The van der Waals surface area contributed by atoms with Gasteiger partial charge in [0.15, 0.2) is 0 Å². The third kappa shape index (κ3) is 4.18. The van der Waals surface area contributed by atoms with Crippen LogP contribution in [-0.2, 0) is 9.84 Å². The summed E-state index contributed by atoms with van der Waals surface area (Å²) < 4.78 is 22.2. The van der Waals surface area contributed by atoms with E-state index in [1.807, 2.05) is 0 Å². The van der Waals surface area contributed by atoms with Crippen molar-refractivity contribution in [3.63, 3.8) is 0 Å². The Labute approximate surface area is 110 Å². The zero-order chi connectivity index (χ0) is 13.1. The summed E-state index contributed by atoms with van der Waals surface area (Å²) >= 11 is 11.5. The molecule has 1 amide bonds. The molecule has 0 heterocycles. The van der Waals surface area contributed by atoms with Gasteiger partial charge in [0.1, 0.15) is 0 Å². The van der Waals surface area contributed by atoms with Crippen molar-refractivity contribution in [3.8, 4) is 0 Å². The highest BCUT2D eigenvalue weighted by molar-refractivity contribution is 8.05. The van der Waals surface area contributed by atoms with Crippen LogP contribution in [0, 0.1) is 6.42 Å². The van der Waals surface area contributed by atoms with E-state index in [0.717, 1.165) is 5.56 Å². The lowest BCUT2D eigenvalue weighted by molar-refractivity contribution is 0.265. The number of hydrogen-bond donors (Lipinski definition) is 1. The molecular formula is C10H10Cl2NO3S. The van der Waals surface area contributed by atoms with Gasteiger partial charge in [-0.3, -0.25) is 4.79 Å². The number of hydrogen-bond acceptors (Lipinski definition) is 3. The van der Waals surface area contributed by atoms with Gasteiger partial charge >= 0.3 is 5.24 Å². The molecule has 0 aliphatic heterocycles. The summed E-state index contributed by atoms with van der Waals surface area (Å²) in [6, 6.07) is 4.92. The first-order chi connectivity index (χ1) is 7.83. The summed E-state index contributed by atoms with van der Waals surface area (Å²) in [5, 5.41) is -0.494. The highest BCUT2D eigenvalue weighted by atomic mass is 35.5. The number of amides is 1. The van der Waals surface area contributed by atoms with Crippen LogP contribution in [0.3, 0.4) is 0 Å². The monoisotopic (exact) mass is 294 g/mol. The molecule has 0 aliphatic carbocycles. The summed E-state index contributed by atoms with van der Waals surface area (Å²) in [5.74, 6) is -0.317. The van der Waals surface area contributed by atoms with Gasteiger partial charge in [0.25, 0.3) is 0 Å². The Kier molecular flexibility index (Phi) is 4.80. The van der Waals surface area contributed by atoms with E-state index in [4.69, 9.17) is 28.9 Å². The van der Waals surface area contributed by atoms with E-state index in [1.165, 1.54) is 0 Å². The fourth-order valence-electron chi connectivity index (χ4n) is 1.12. The van der Waals surface area contributed by atoms with E-state index in [1.54, 1.807) is 24.6 Å². The molecule has 17 heavy (non-hydrogen) atoms. The van der Waals surface area contributed by atoms with Crippen LogP contribution in [0.5, 0.6) is 0 Å². The van der Waals surface area contributed by atoms with Crippen LogP contribution in [0.2, 0.25) is 10.0 Å². The van der Waals surface area contributed by atoms with Gasteiger partial charge in [-0.05, 0) is 30.5 Å². The molecule has 0 saturated carbocycles. The largest absolute Gasteiger partial charge is 0.356 e. The molecule has 4 nitrogen and oxygen atoms in total. The Hall–Kier alpha value is -0.780. The average Bonchev–Trinajstić information content (AvgIpc) is 2.23. The van der Waals surface area contributed by atoms with Gasteiger partial charge < -0.3 is 5.73 Å². The molecule has 0 unspecified atom stereocenters. The average molecular weight is 295 g/mol. The molecule has 1 rings (SSSR count). The van der Waals surface area contributed by atoms with Gasteiger partial charge in [0, 0.05) is 0 Å². The number of carbonyl (C=O) groups is 1. The van der Waals surface area contributed by atoms with Crippen LogP contribution in [0.1, 0.15) is 12.0 Å². The maximum absolute atomic E-state index is 11.1. The molecule has 0 bridgehead atoms. The van der Waals surface area contributed by atoms with E-state index < -0.39 is 15.1 Å². The van der Waals surface area contributed by atoms with Crippen molar-refractivity contribution in [1.82, 2.24) is 0 Å². The normalized spacial score (nSPS) is 11.4. The molecule has 93 valence electrons. The van der Waals surface area contributed by atoms with Crippen LogP contribution in [0.15, 0.2) is 18.2 Å². The third-order valence-electron chi connectivity index (χ3n) is 2.02. The van der Waals surface area contributed by atoms with Gasteiger partial charge in [-0.25, -0.2) is 8.42 Å². The van der Waals surface area contributed by atoms with Gasteiger partial charge in [-0.1, -0.05) is 29.3 Å². The summed E-state index contributed by atoms with van der Waals surface area (Å²) in [4.78, 5) is 10.5. The highest BCUT2D eigenvalue weighted by Gasteiger charge is 2.17. The maximum atomic E-state index is 11.1. The predicted molar refractivity (Wildman–Crippen MR) is 67.9 cm³/mol. The number of carbonyl (C=O) groups excluding carboxylic acids is 1. The smallest absolute Gasteiger partial charge is 0.333 e. The lowest BCUT2D eigenvalue weighted by Gasteiger charge is -2.02. The molecule has 0 atom stereocenters. The maximum Gasteiger partial charge on any atom is 0.333 e. The van der Waals surface area contributed by atoms with E-state index in [-0.39, 0.29) is 12.2 Å². The number of benzene rings is 1. The second kappa shape index (κ2) is 5.71. The predicted octanol–water partition coefficient (Wildman–Crippen LogP) is 2.43. The summed E-state index contributed by atoms with van der Waals surface area (Å²) in [5.41, 5.74) is 5.45. The second-order valence-electron chi connectivity index (χ2n) is 3.30. The minimum Gasteiger partial charge on any atom is -0.356 e. The summed E-state index contributed by atoms with van der Waals surface area (Å²) in [6.07, 6.45) is 1.83. The lowest BCUT2D eigenvalue weighted by Crippen LogP contribution is -2.24. The molecular weight excluding hydrogens is 285 g/mol. The van der Waals surface area contributed by atoms with Crippen molar-refractivity contribution in [2.45, 2.75) is 6.42 Å². The van der Waals surface area contributed by atoms with Crippen LogP contribution < -0.4 is 5.73 Å². The molecule has 0 saturated heterocycles. The molecule has 1 aromatic rings. The van der Waals surface area contributed by atoms with Crippen molar-refractivity contribution in [2.75, 3.05) is 5.75 Å². The first-order valence-corrected chi connectivity index (χ1v) is 7.04. The van der Waals surface area contributed by atoms with Crippen LogP contribution >= 0.6 is 23.2 Å². The zero-order valence-electron chi connectivity index (χ0n) is 8.69. The van der Waals surface area contributed by atoms with Gasteiger partial charge in [0.2, 0.25) is 9.84 Å². The summed E-state index contributed by atoms with van der Waals surface area (Å²) in [6.45, 7) is 0. The highest BCUT2D eigenvalue weighted by Crippen LogP contribution is 2.23. The Morgan fingerprint density at radius 3 is 2.47 bits per heavy atom. The molecule has 1 radical (unpaired) electrons. The summed E-state index contributed by atoms with van der Waals surface area (Å²) in [7, 11) is -3.84. The Bertz CT molecular complexity index is 528. The molecule has 7 heteroatoms. The molecule has 0 fully saturated rings.